The zero-order valence-corrected chi connectivity index (χ0v) is 9.90. The molecule has 1 saturated carbocycles. The average Bonchev–Trinajstić information content (AvgIpc) is 2.13. The molecule has 2 fully saturated rings. The molecule has 0 spiro atoms. The Morgan fingerprint density at radius 1 is 1.19 bits per heavy atom. The van der Waals surface area contributed by atoms with Crippen molar-refractivity contribution in [2.24, 2.45) is 17.1 Å². The van der Waals surface area contributed by atoms with E-state index in [1.807, 2.05) is 0 Å². The smallest absolute Gasteiger partial charge is 0.249 e. The van der Waals surface area contributed by atoms with Crippen LogP contribution in [0.1, 0.15) is 25.7 Å². The summed E-state index contributed by atoms with van der Waals surface area (Å²) >= 11 is 0. The summed E-state index contributed by atoms with van der Waals surface area (Å²) in [6.07, 6.45) is 0.660. The summed E-state index contributed by atoms with van der Waals surface area (Å²) in [6.45, 7) is 0.243. The fourth-order valence-electron chi connectivity index (χ4n) is 3.08. The van der Waals surface area contributed by atoms with Crippen LogP contribution in [0, 0.1) is 11.3 Å². The summed E-state index contributed by atoms with van der Waals surface area (Å²) in [5.41, 5.74) is 5.11. The molecule has 2 aliphatic rings. The van der Waals surface area contributed by atoms with E-state index >= 15 is 0 Å². The minimum absolute atomic E-state index is 0.0562. The van der Waals surface area contributed by atoms with Crippen molar-refractivity contribution in [1.29, 1.82) is 0 Å². The van der Waals surface area contributed by atoms with Crippen LogP contribution in [-0.4, -0.2) is 32.4 Å². The van der Waals surface area contributed by atoms with Crippen LogP contribution in [-0.2, 0) is 9.84 Å². The fourth-order valence-corrected chi connectivity index (χ4v) is 4.57. The first kappa shape index (κ1) is 12.2. The van der Waals surface area contributed by atoms with E-state index in [1.54, 1.807) is 0 Å². The van der Waals surface area contributed by atoms with Gasteiger partial charge in [0.2, 0.25) is 5.92 Å². The van der Waals surface area contributed by atoms with E-state index < -0.39 is 21.2 Å². The maximum Gasteiger partial charge on any atom is 0.249 e. The van der Waals surface area contributed by atoms with E-state index in [2.05, 4.69) is 0 Å². The number of sulfone groups is 1. The van der Waals surface area contributed by atoms with E-state index in [-0.39, 0.29) is 36.8 Å². The van der Waals surface area contributed by atoms with Crippen molar-refractivity contribution in [2.75, 3.05) is 18.1 Å². The molecule has 2 rings (SSSR count). The lowest BCUT2D eigenvalue weighted by Crippen LogP contribution is -2.56. The average molecular weight is 253 g/mol. The lowest BCUT2D eigenvalue weighted by molar-refractivity contribution is -0.180. The number of hydrogen-bond acceptors (Lipinski definition) is 3. The molecule has 1 aliphatic carbocycles. The van der Waals surface area contributed by atoms with Crippen LogP contribution in [0.4, 0.5) is 8.78 Å². The third kappa shape index (κ3) is 2.09. The van der Waals surface area contributed by atoms with Crippen LogP contribution in [0.15, 0.2) is 0 Å². The molecule has 0 aromatic heterocycles. The van der Waals surface area contributed by atoms with Crippen molar-refractivity contribution in [3.05, 3.63) is 0 Å². The van der Waals surface area contributed by atoms with E-state index in [1.165, 1.54) is 0 Å². The normalized spacial score (nSPS) is 31.9. The second kappa shape index (κ2) is 3.63. The minimum atomic E-state index is -2.93. The summed E-state index contributed by atoms with van der Waals surface area (Å²) < 4.78 is 48.4. The monoisotopic (exact) mass is 253 g/mol. The molecule has 0 amide bonds. The summed E-state index contributed by atoms with van der Waals surface area (Å²) in [6, 6.07) is 0. The zero-order valence-electron chi connectivity index (χ0n) is 9.09. The molecule has 6 heteroatoms. The minimum Gasteiger partial charge on any atom is -0.330 e. The van der Waals surface area contributed by atoms with E-state index in [9.17, 15) is 17.2 Å². The second-order valence-electron chi connectivity index (χ2n) is 5.20. The maximum absolute atomic E-state index is 13.0. The van der Waals surface area contributed by atoms with Gasteiger partial charge in [0, 0.05) is 12.8 Å². The fraction of sp³-hybridized carbons (Fsp3) is 1.00. The van der Waals surface area contributed by atoms with Crippen LogP contribution >= 0.6 is 0 Å². The molecule has 1 heterocycles. The molecule has 2 N–H and O–H groups in total. The predicted octanol–water partition coefficient (Wildman–Crippen LogP) is 1.19. The molecule has 0 radical (unpaired) electrons. The van der Waals surface area contributed by atoms with Gasteiger partial charge in [0.15, 0.2) is 0 Å². The maximum atomic E-state index is 13.0. The van der Waals surface area contributed by atoms with Gasteiger partial charge >= 0.3 is 0 Å². The van der Waals surface area contributed by atoms with Crippen LogP contribution in [0.5, 0.6) is 0 Å². The Kier molecular flexibility index (Phi) is 2.78. The Bertz CT molecular complexity index is 358. The molecule has 0 atom stereocenters. The summed E-state index contributed by atoms with van der Waals surface area (Å²) in [7, 11) is -2.93. The standard InChI is InChI=1S/C10H17F2NO2S/c11-10(12)5-9(6-10,7-13)8-1-3-16(14,15)4-2-8/h8H,1-7,13H2. The molecule has 94 valence electrons. The van der Waals surface area contributed by atoms with Crippen molar-refractivity contribution in [3.8, 4) is 0 Å². The molecule has 3 nitrogen and oxygen atoms in total. The molecule has 0 unspecified atom stereocenters. The first-order valence-electron chi connectivity index (χ1n) is 5.57. The predicted molar refractivity (Wildman–Crippen MR) is 57.0 cm³/mol. The van der Waals surface area contributed by atoms with Gasteiger partial charge in [-0.2, -0.15) is 0 Å². The number of alkyl halides is 2. The van der Waals surface area contributed by atoms with Crippen LogP contribution in [0.2, 0.25) is 0 Å². The summed E-state index contributed by atoms with van der Waals surface area (Å²) in [5, 5.41) is 0. The third-order valence-electron chi connectivity index (χ3n) is 4.05. The number of halogens is 2. The van der Waals surface area contributed by atoms with E-state index in [4.69, 9.17) is 5.73 Å². The molecule has 16 heavy (non-hydrogen) atoms. The van der Waals surface area contributed by atoms with E-state index in [0.717, 1.165) is 0 Å². The van der Waals surface area contributed by atoms with Gasteiger partial charge in [0.05, 0.1) is 11.5 Å². The van der Waals surface area contributed by atoms with Gasteiger partial charge in [-0.05, 0) is 30.7 Å². The highest BCUT2D eigenvalue weighted by Crippen LogP contribution is 2.57. The lowest BCUT2D eigenvalue weighted by atomic mass is 9.57. The molecule has 1 saturated heterocycles. The van der Waals surface area contributed by atoms with Crippen molar-refractivity contribution in [3.63, 3.8) is 0 Å². The highest BCUT2D eigenvalue weighted by Gasteiger charge is 2.59. The summed E-state index contributed by atoms with van der Waals surface area (Å²) in [5.74, 6) is -2.27. The van der Waals surface area contributed by atoms with E-state index in [0.29, 0.717) is 12.8 Å². The molecule has 0 bridgehead atoms. The van der Waals surface area contributed by atoms with Crippen molar-refractivity contribution in [1.82, 2.24) is 0 Å². The summed E-state index contributed by atoms with van der Waals surface area (Å²) in [4.78, 5) is 0. The van der Waals surface area contributed by atoms with Gasteiger partial charge in [-0.15, -0.1) is 0 Å². The number of nitrogens with two attached hydrogens (primary N) is 1. The van der Waals surface area contributed by atoms with Crippen molar-refractivity contribution < 1.29 is 17.2 Å². The Balaban J connectivity index is 2.03. The Hall–Kier alpha value is -0.230. The number of hydrogen-bond donors (Lipinski definition) is 1. The first-order valence-corrected chi connectivity index (χ1v) is 7.39. The number of rotatable bonds is 2. The molecule has 1 aliphatic heterocycles. The zero-order chi connectivity index (χ0) is 12.0. The van der Waals surface area contributed by atoms with Crippen molar-refractivity contribution >= 4 is 9.84 Å². The van der Waals surface area contributed by atoms with Gasteiger partial charge in [0.25, 0.3) is 0 Å². The third-order valence-corrected chi connectivity index (χ3v) is 5.76. The first-order chi connectivity index (χ1) is 7.29. The topological polar surface area (TPSA) is 60.2 Å². The Morgan fingerprint density at radius 3 is 2.06 bits per heavy atom. The largest absolute Gasteiger partial charge is 0.330 e. The van der Waals surface area contributed by atoms with Gasteiger partial charge in [-0.25, -0.2) is 17.2 Å². The van der Waals surface area contributed by atoms with Crippen LogP contribution in [0.25, 0.3) is 0 Å². The highest BCUT2D eigenvalue weighted by atomic mass is 32.2. The van der Waals surface area contributed by atoms with Gasteiger partial charge in [-0.1, -0.05) is 0 Å². The highest BCUT2D eigenvalue weighted by molar-refractivity contribution is 7.91. The molecular weight excluding hydrogens is 236 g/mol. The molecule has 0 aromatic rings. The van der Waals surface area contributed by atoms with Crippen LogP contribution in [0.3, 0.4) is 0 Å². The molecule has 0 aromatic carbocycles. The molecular formula is C10H17F2NO2S. The van der Waals surface area contributed by atoms with Gasteiger partial charge in [-0.3, -0.25) is 0 Å². The quantitative estimate of drug-likeness (QED) is 0.804. The Labute approximate surface area is 94.3 Å². The SMILES string of the molecule is NCC1(C2CCS(=O)(=O)CC2)CC(F)(F)C1. The van der Waals surface area contributed by atoms with Crippen LogP contribution < -0.4 is 5.73 Å². The Morgan fingerprint density at radius 2 is 1.69 bits per heavy atom. The van der Waals surface area contributed by atoms with Gasteiger partial charge < -0.3 is 5.73 Å². The van der Waals surface area contributed by atoms with Crippen molar-refractivity contribution in [2.45, 2.75) is 31.6 Å². The second-order valence-corrected chi connectivity index (χ2v) is 7.51. The lowest BCUT2D eigenvalue weighted by Gasteiger charge is -2.52. The van der Waals surface area contributed by atoms with Gasteiger partial charge in [0.1, 0.15) is 9.84 Å².